The van der Waals surface area contributed by atoms with E-state index >= 15 is 0 Å². The molecule has 20 heavy (non-hydrogen) atoms. The first-order valence-electron chi connectivity index (χ1n) is 6.30. The molecule has 0 amide bonds. The van der Waals surface area contributed by atoms with Crippen LogP contribution in [0.2, 0.25) is 0 Å². The summed E-state index contributed by atoms with van der Waals surface area (Å²) in [6.45, 7) is 3.36. The standard InChI is InChI=1S/C14H16F3N3/c1-3-12(18)13-7-19-8-20(13)10-5-4-9(2)11(6-10)14(15,16)17/h4-8,12H,3,18H2,1-2H3/t12-/m1/s1. The first kappa shape index (κ1) is 14.6. The number of aromatic nitrogens is 2. The topological polar surface area (TPSA) is 43.8 Å². The average Bonchev–Trinajstić information content (AvgIpc) is 2.86. The lowest BCUT2D eigenvalue weighted by molar-refractivity contribution is -0.138. The highest BCUT2D eigenvalue weighted by atomic mass is 19.4. The minimum atomic E-state index is -4.37. The summed E-state index contributed by atoms with van der Waals surface area (Å²) in [5.41, 5.74) is 6.62. The molecule has 0 spiro atoms. The number of rotatable bonds is 3. The van der Waals surface area contributed by atoms with E-state index in [1.807, 2.05) is 6.92 Å². The van der Waals surface area contributed by atoms with Crippen molar-refractivity contribution in [1.82, 2.24) is 9.55 Å². The SMILES string of the molecule is CC[C@@H](N)c1cncn1-c1ccc(C)c(C(F)(F)F)c1. The lowest BCUT2D eigenvalue weighted by Gasteiger charge is -2.16. The van der Waals surface area contributed by atoms with Crippen molar-refractivity contribution in [3.63, 3.8) is 0 Å². The third-order valence-corrected chi connectivity index (χ3v) is 3.29. The smallest absolute Gasteiger partial charge is 0.323 e. The second-order valence-corrected chi connectivity index (χ2v) is 4.70. The molecule has 1 aromatic heterocycles. The van der Waals surface area contributed by atoms with E-state index in [0.717, 1.165) is 6.07 Å². The zero-order valence-electron chi connectivity index (χ0n) is 11.3. The zero-order chi connectivity index (χ0) is 14.9. The summed E-state index contributed by atoms with van der Waals surface area (Å²) in [7, 11) is 0. The Kier molecular flexibility index (Phi) is 3.85. The second kappa shape index (κ2) is 5.28. The maximum atomic E-state index is 12.9. The van der Waals surface area contributed by atoms with Crippen molar-refractivity contribution >= 4 is 0 Å². The normalized spacial score (nSPS) is 13.5. The summed E-state index contributed by atoms with van der Waals surface area (Å²) in [6.07, 6.45) is -0.617. The first-order chi connectivity index (χ1) is 9.34. The van der Waals surface area contributed by atoms with Gasteiger partial charge in [0.05, 0.1) is 23.8 Å². The van der Waals surface area contributed by atoms with Gasteiger partial charge in [0.1, 0.15) is 0 Å². The third-order valence-electron chi connectivity index (χ3n) is 3.29. The van der Waals surface area contributed by atoms with Crippen LogP contribution < -0.4 is 5.73 Å². The van der Waals surface area contributed by atoms with Crippen LogP contribution in [-0.2, 0) is 6.18 Å². The molecule has 0 aliphatic rings. The van der Waals surface area contributed by atoms with Gasteiger partial charge in [-0.3, -0.25) is 0 Å². The Hall–Kier alpha value is -1.82. The Morgan fingerprint density at radius 1 is 1.35 bits per heavy atom. The van der Waals surface area contributed by atoms with E-state index in [4.69, 9.17) is 5.73 Å². The number of nitrogens with zero attached hydrogens (tertiary/aromatic N) is 2. The highest BCUT2D eigenvalue weighted by molar-refractivity contribution is 5.43. The Bertz CT molecular complexity index is 602. The number of hydrogen-bond donors (Lipinski definition) is 1. The molecule has 2 N–H and O–H groups in total. The quantitative estimate of drug-likeness (QED) is 0.935. The maximum absolute atomic E-state index is 12.9. The Balaban J connectivity index is 2.52. The number of benzene rings is 1. The van der Waals surface area contributed by atoms with Crippen molar-refractivity contribution in [2.45, 2.75) is 32.5 Å². The monoisotopic (exact) mass is 283 g/mol. The molecule has 1 heterocycles. The molecule has 108 valence electrons. The molecule has 0 radical (unpaired) electrons. The van der Waals surface area contributed by atoms with Crippen LogP contribution in [0.3, 0.4) is 0 Å². The Morgan fingerprint density at radius 2 is 2.05 bits per heavy atom. The van der Waals surface area contributed by atoms with Crippen LogP contribution in [0.4, 0.5) is 13.2 Å². The van der Waals surface area contributed by atoms with E-state index < -0.39 is 11.7 Å². The number of aryl methyl sites for hydroxylation is 1. The summed E-state index contributed by atoms with van der Waals surface area (Å²) in [5, 5.41) is 0. The lowest BCUT2D eigenvalue weighted by Crippen LogP contribution is -2.14. The van der Waals surface area contributed by atoms with Crippen LogP contribution >= 0.6 is 0 Å². The van der Waals surface area contributed by atoms with Gasteiger partial charge in [-0.25, -0.2) is 4.98 Å². The van der Waals surface area contributed by atoms with Gasteiger partial charge in [-0.2, -0.15) is 13.2 Å². The summed E-state index contributed by atoms with van der Waals surface area (Å²) in [4.78, 5) is 3.98. The van der Waals surface area contributed by atoms with Crippen molar-refractivity contribution in [2.24, 2.45) is 5.73 Å². The van der Waals surface area contributed by atoms with E-state index in [2.05, 4.69) is 4.98 Å². The summed E-state index contributed by atoms with van der Waals surface area (Å²) in [5.74, 6) is 0. The van der Waals surface area contributed by atoms with Gasteiger partial charge in [0.2, 0.25) is 0 Å². The van der Waals surface area contributed by atoms with Crippen LogP contribution in [0.5, 0.6) is 0 Å². The summed E-state index contributed by atoms with van der Waals surface area (Å²) < 4.78 is 40.4. The molecule has 3 nitrogen and oxygen atoms in total. The van der Waals surface area contributed by atoms with Crippen LogP contribution in [0.15, 0.2) is 30.7 Å². The Morgan fingerprint density at radius 3 is 2.65 bits per heavy atom. The van der Waals surface area contributed by atoms with Gasteiger partial charge < -0.3 is 10.3 Å². The molecule has 0 unspecified atom stereocenters. The molecule has 6 heteroatoms. The molecule has 0 bridgehead atoms. The van der Waals surface area contributed by atoms with Crippen LogP contribution in [0.1, 0.15) is 36.2 Å². The predicted molar refractivity (Wildman–Crippen MR) is 70.5 cm³/mol. The second-order valence-electron chi connectivity index (χ2n) is 4.70. The fourth-order valence-electron chi connectivity index (χ4n) is 2.07. The number of alkyl halides is 3. The highest BCUT2D eigenvalue weighted by Gasteiger charge is 2.32. The average molecular weight is 283 g/mol. The molecule has 1 aromatic carbocycles. The zero-order valence-corrected chi connectivity index (χ0v) is 11.3. The number of imidazole rings is 1. The summed E-state index contributed by atoms with van der Waals surface area (Å²) >= 11 is 0. The van der Waals surface area contributed by atoms with E-state index in [1.165, 1.54) is 19.3 Å². The van der Waals surface area contributed by atoms with E-state index in [0.29, 0.717) is 17.8 Å². The number of nitrogens with two attached hydrogens (primary N) is 1. The number of halogens is 3. The van der Waals surface area contributed by atoms with Crippen molar-refractivity contribution < 1.29 is 13.2 Å². The van der Waals surface area contributed by atoms with Crippen molar-refractivity contribution in [1.29, 1.82) is 0 Å². The molecule has 0 saturated heterocycles. The summed E-state index contributed by atoms with van der Waals surface area (Å²) in [6, 6.07) is 3.97. The van der Waals surface area contributed by atoms with Gasteiger partial charge >= 0.3 is 6.18 Å². The van der Waals surface area contributed by atoms with Gasteiger partial charge in [-0.05, 0) is 31.0 Å². The molecule has 2 rings (SSSR count). The molecule has 0 aliphatic carbocycles. The third kappa shape index (κ3) is 2.70. The van der Waals surface area contributed by atoms with Gasteiger partial charge in [0, 0.05) is 11.7 Å². The first-order valence-corrected chi connectivity index (χ1v) is 6.30. The molecular weight excluding hydrogens is 267 g/mol. The molecule has 0 aliphatic heterocycles. The maximum Gasteiger partial charge on any atom is 0.416 e. The highest BCUT2D eigenvalue weighted by Crippen LogP contribution is 2.33. The predicted octanol–water partition coefficient (Wildman–Crippen LogP) is 3.61. The van der Waals surface area contributed by atoms with E-state index in [-0.39, 0.29) is 11.6 Å². The van der Waals surface area contributed by atoms with Crippen LogP contribution in [-0.4, -0.2) is 9.55 Å². The largest absolute Gasteiger partial charge is 0.416 e. The fourth-order valence-corrected chi connectivity index (χ4v) is 2.07. The van der Waals surface area contributed by atoms with Gasteiger partial charge in [-0.15, -0.1) is 0 Å². The van der Waals surface area contributed by atoms with Gasteiger partial charge in [0.25, 0.3) is 0 Å². The minimum absolute atomic E-state index is 0.197. The van der Waals surface area contributed by atoms with Gasteiger partial charge in [-0.1, -0.05) is 13.0 Å². The fraction of sp³-hybridized carbons (Fsp3) is 0.357. The van der Waals surface area contributed by atoms with Gasteiger partial charge in [0.15, 0.2) is 0 Å². The van der Waals surface area contributed by atoms with Crippen LogP contribution in [0, 0.1) is 6.92 Å². The van der Waals surface area contributed by atoms with Crippen molar-refractivity contribution in [3.05, 3.63) is 47.5 Å². The van der Waals surface area contributed by atoms with E-state index in [1.54, 1.807) is 16.8 Å². The van der Waals surface area contributed by atoms with Crippen LogP contribution in [0.25, 0.3) is 5.69 Å². The molecule has 0 fully saturated rings. The number of hydrogen-bond acceptors (Lipinski definition) is 2. The van der Waals surface area contributed by atoms with Crippen molar-refractivity contribution in [2.75, 3.05) is 0 Å². The van der Waals surface area contributed by atoms with Crippen molar-refractivity contribution in [3.8, 4) is 5.69 Å². The molecule has 2 aromatic rings. The Labute approximate surface area is 115 Å². The minimum Gasteiger partial charge on any atom is -0.323 e. The van der Waals surface area contributed by atoms with E-state index in [9.17, 15) is 13.2 Å². The molecule has 0 saturated carbocycles. The molecular formula is C14H16F3N3. The lowest BCUT2D eigenvalue weighted by atomic mass is 10.1. The molecule has 1 atom stereocenters.